The number of aliphatic hydroxyl groups excluding tert-OH is 1. The van der Waals surface area contributed by atoms with Gasteiger partial charge in [-0.2, -0.15) is 0 Å². The minimum Gasteiger partial charge on any atom is -0.457 e. The highest BCUT2D eigenvalue weighted by molar-refractivity contribution is 5.93. The molecule has 0 aromatic carbocycles. The lowest BCUT2D eigenvalue weighted by atomic mass is 9.45. The van der Waals surface area contributed by atoms with Gasteiger partial charge >= 0.3 is 12.1 Å². The van der Waals surface area contributed by atoms with Gasteiger partial charge in [0.25, 0.3) is 0 Å². The van der Waals surface area contributed by atoms with Crippen LogP contribution in [0.15, 0.2) is 11.6 Å². The standard InChI is InChI=1S/C30H42O8/c1-4-5-14-36-27(35)38-30(24(33)17-37-26(34)18-6-7-18)13-11-22-21-9-8-19-15-20(31)10-12-28(19,2)25(21)23(32)16-29(22,30)3/h15,18,21-23,25,32H,4-14,16-17H2,1-3H3/t21-,22-,23-,25+,28-,29-,30-/m0/s1. The molecule has 0 aliphatic heterocycles. The number of Topliss-reactive ketones (excluding diaryl/α,β-unsaturated/α-hetero) is 1. The van der Waals surface area contributed by atoms with Crippen LogP contribution in [0.25, 0.3) is 0 Å². The summed E-state index contributed by atoms with van der Waals surface area (Å²) in [5.74, 6) is -0.651. The van der Waals surface area contributed by atoms with Crippen molar-refractivity contribution in [3.63, 3.8) is 0 Å². The summed E-state index contributed by atoms with van der Waals surface area (Å²) < 4.78 is 16.7. The molecule has 4 saturated carbocycles. The fourth-order valence-corrected chi connectivity index (χ4v) is 8.52. The van der Waals surface area contributed by atoms with Crippen LogP contribution in [-0.2, 0) is 28.6 Å². The summed E-state index contributed by atoms with van der Waals surface area (Å²) in [4.78, 5) is 51.2. The Bertz CT molecular complexity index is 1030. The highest BCUT2D eigenvalue weighted by Gasteiger charge is 2.70. The predicted octanol–water partition coefficient (Wildman–Crippen LogP) is 4.70. The molecule has 5 rings (SSSR count). The maximum atomic E-state index is 13.9. The topological polar surface area (TPSA) is 116 Å². The number of hydrogen-bond donors (Lipinski definition) is 1. The van der Waals surface area contributed by atoms with Gasteiger partial charge in [0, 0.05) is 11.8 Å². The number of unbranched alkanes of at least 4 members (excludes halogenated alkanes) is 1. The molecule has 0 heterocycles. The number of fused-ring (bicyclic) bond motifs is 5. The van der Waals surface area contributed by atoms with Gasteiger partial charge in [0.2, 0.25) is 5.78 Å². The average Bonchev–Trinajstić information content (AvgIpc) is 3.67. The highest BCUT2D eigenvalue weighted by Crippen LogP contribution is 2.68. The molecule has 0 radical (unpaired) electrons. The summed E-state index contributed by atoms with van der Waals surface area (Å²) >= 11 is 0. The van der Waals surface area contributed by atoms with Crippen molar-refractivity contribution < 1.29 is 38.5 Å². The summed E-state index contributed by atoms with van der Waals surface area (Å²) in [5.41, 5.74) is -1.48. The van der Waals surface area contributed by atoms with E-state index in [1.807, 2.05) is 13.8 Å². The van der Waals surface area contributed by atoms with Crippen LogP contribution < -0.4 is 0 Å². The zero-order valence-corrected chi connectivity index (χ0v) is 23.0. The molecule has 0 unspecified atom stereocenters. The summed E-state index contributed by atoms with van der Waals surface area (Å²) in [5, 5.41) is 11.7. The van der Waals surface area contributed by atoms with Gasteiger partial charge in [-0.1, -0.05) is 32.8 Å². The molecule has 5 aliphatic rings. The zero-order chi connectivity index (χ0) is 27.3. The number of ketones is 2. The average molecular weight is 531 g/mol. The third-order valence-corrected chi connectivity index (χ3v) is 10.7. The number of rotatable bonds is 8. The summed E-state index contributed by atoms with van der Waals surface area (Å²) in [7, 11) is 0. The van der Waals surface area contributed by atoms with Crippen molar-refractivity contribution in [1.29, 1.82) is 0 Å². The lowest BCUT2D eigenvalue weighted by Gasteiger charge is -2.60. The smallest absolute Gasteiger partial charge is 0.457 e. The fourth-order valence-electron chi connectivity index (χ4n) is 8.52. The van der Waals surface area contributed by atoms with Crippen LogP contribution in [0.5, 0.6) is 0 Å². The van der Waals surface area contributed by atoms with Crippen molar-refractivity contribution in [2.75, 3.05) is 13.2 Å². The maximum absolute atomic E-state index is 13.9. The first-order valence-electron chi connectivity index (χ1n) is 14.5. The number of carbonyl (C=O) groups is 4. The number of hydrogen-bond acceptors (Lipinski definition) is 8. The molecule has 8 heteroatoms. The lowest BCUT2D eigenvalue weighted by Crippen LogP contribution is -2.63. The first-order valence-corrected chi connectivity index (χ1v) is 14.5. The Morgan fingerprint density at radius 2 is 1.82 bits per heavy atom. The maximum Gasteiger partial charge on any atom is 0.509 e. The Hall–Kier alpha value is -2.22. The van der Waals surface area contributed by atoms with E-state index < -0.39 is 35.7 Å². The number of allylic oxidation sites excluding steroid dienone is 1. The molecule has 0 aromatic heterocycles. The Morgan fingerprint density at radius 1 is 1.05 bits per heavy atom. The minimum absolute atomic E-state index is 0.0243. The molecule has 0 bridgehead atoms. The van der Waals surface area contributed by atoms with E-state index in [1.165, 1.54) is 0 Å². The SMILES string of the molecule is CCCCOC(=O)O[C@]1(C(=O)COC(=O)C2CC2)CC[C@H]2[C@@H]3CCC4=CC(=O)CC[C@]4(C)[C@H]3[C@@H](O)C[C@@]21C. The van der Waals surface area contributed by atoms with Gasteiger partial charge in [-0.05, 0) is 87.0 Å². The van der Waals surface area contributed by atoms with Gasteiger partial charge in [-0.25, -0.2) is 4.79 Å². The van der Waals surface area contributed by atoms with Gasteiger partial charge in [-0.3, -0.25) is 14.4 Å². The quantitative estimate of drug-likeness (QED) is 0.355. The number of ether oxygens (including phenoxy) is 3. The van der Waals surface area contributed by atoms with E-state index in [1.54, 1.807) is 6.08 Å². The monoisotopic (exact) mass is 530 g/mol. The molecule has 8 nitrogen and oxygen atoms in total. The zero-order valence-electron chi connectivity index (χ0n) is 23.0. The van der Waals surface area contributed by atoms with Gasteiger partial charge in [0.15, 0.2) is 18.0 Å². The van der Waals surface area contributed by atoms with E-state index in [-0.39, 0.29) is 47.4 Å². The molecular weight excluding hydrogens is 488 g/mol. The van der Waals surface area contributed by atoms with E-state index >= 15 is 0 Å². The van der Waals surface area contributed by atoms with E-state index in [0.29, 0.717) is 32.1 Å². The molecule has 38 heavy (non-hydrogen) atoms. The number of aliphatic hydroxyl groups is 1. The van der Waals surface area contributed by atoms with Crippen LogP contribution >= 0.6 is 0 Å². The van der Waals surface area contributed by atoms with Crippen molar-refractivity contribution in [3.05, 3.63) is 11.6 Å². The molecule has 210 valence electrons. The molecular formula is C30H42O8. The Kier molecular flexibility index (Phi) is 7.25. The Labute approximate surface area is 224 Å². The number of carbonyl (C=O) groups excluding carboxylic acids is 4. The normalized spacial score (nSPS) is 39.8. The first-order chi connectivity index (χ1) is 18.1. The molecule has 0 saturated heterocycles. The Balaban J connectivity index is 1.44. The van der Waals surface area contributed by atoms with Crippen LogP contribution in [0.4, 0.5) is 4.79 Å². The predicted molar refractivity (Wildman–Crippen MR) is 137 cm³/mol. The molecule has 0 amide bonds. The van der Waals surface area contributed by atoms with Crippen molar-refractivity contribution >= 4 is 23.7 Å². The van der Waals surface area contributed by atoms with Crippen LogP contribution in [-0.4, -0.2) is 53.7 Å². The van der Waals surface area contributed by atoms with Gasteiger partial charge in [0.05, 0.1) is 18.6 Å². The van der Waals surface area contributed by atoms with Crippen LogP contribution in [0, 0.1) is 34.5 Å². The van der Waals surface area contributed by atoms with Crippen molar-refractivity contribution in [3.8, 4) is 0 Å². The second-order valence-electron chi connectivity index (χ2n) is 12.8. The van der Waals surface area contributed by atoms with E-state index in [4.69, 9.17) is 14.2 Å². The number of esters is 1. The van der Waals surface area contributed by atoms with Crippen LogP contribution in [0.1, 0.15) is 91.4 Å². The Morgan fingerprint density at radius 3 is 2.53 bits per heavy atom. The molecule has 1 N–H and O–H groups in total. The highest BCUT2D eigenvalue weighted by atomic mass is 16.7. The second kappa shape index (κ2) is 10.1. The van der Waals surface area contributed by atoms with E-state index in [2.05, 4.69) is 6.92 Å². The second-order valence-corrected chi connectivity index (χ2v) is 12.8. The molecule has 4 fully saturated rings. The van der Waals surface area contributed by atoms with Crippen LogP contribution in [0.2, 0.25) is 0 Å². The van der Waals surface area contributed by atoms with Gasteiger partial charge in [0.1, 0.15) is 0 Å². The van der Waals surface area contributed by atoms with Crippen molar-refractivity contribution in [1.82, 2.24) is 0 Å². The molecule has 0 aromatic rings. The summed E-state index contributed by atoms with van der Waals surface area (Å²) in [6.45, 7) is 5.89. The summed E-state index contributed by atoms with van der Waals surface area (Å²) in [6.07, 6.45) is 7.37. The fraction of sp³-hybridized carbons (Fsp3) is 0.800. The van der Waals surface area contributed by atoms with Crippen molar-refractivity contribution in [2.24, 2.45) is 34.5 Å². The molecule has 5 aliphatic carbocycles. The largest absolute Gasteiger partial charge is 0.509 e. The van der Waals surface area contributed by atoms with Gasteiger partial charge < -0.3 is 19.3 Å². The first kappa shape index (κ1) is 27.4. The van der Waals surface area contributed by atoms with Crippen LogP contribution in [0.3, 0.4) is 0 Å². The molecule has 0 spiro atoms. The van der Waals surface area contributed by atoms with E-state index in [9.17, 15) is 24.3 Å². The third kappa shape index (κ3) is 4.40. The third-order valence-electron chi connectivity index (χ3n) is 10.7. The lowest BCUT2D eigenvalue weighted by molar-refractivity contribution is -0.189. The van der Waals surface area contributed by atoms with Gasteiger partial charge in [-0.15, -0.1) is 0 Å². The molecule has 7 atom stereocenters. The minimum atomic E-state index is -1.53. The summed E-state index contributed by atoms with van der Waals surface area (Å²) in [6, 6.07) is 0. The van der Waals surface area contributed by atoms with E-state index in [0.717, 1.165) is 44.1 Å². The van der Waals surface area contributed by atoms with Crippen molar-refractivity contribution in [2.45, 2.75) is 103 Å².